The van der Waals surface area contributed by atoms with Gasteiger partial charge in [0.05, 0.1) is 23.2 Å². The van der Waals surface area contributed by atoms with E-state index >= 15 is 0 Å². The highest BCUT2D eigenvalue weighted by atomic mass is 16.3. The summed E-state index contributed by atoms with van der Waals surface area (Å²) >= 11 is 0. The second-order valence-electron chi connectivity index (χ2n) is 8.48. The van der Waals surface area contributed by atoms with Gasteiger partial charge in [-0.05, 0) is 49.7 Å². The lowest BCUT2D eigenvalue weighted by Crippen LogP contribution is -2.49. The summed E-state index contributed by atoms with van der Waals surface area (Å²) in [6.45, 7) is 9.66. The number of benzene rings is 1. The number of rotatable bonds is 3. The Morgan fingerprint density at radius 3 is 2.54 bits per heavy atom. The molecule has 3 unspecified atom stereocenters. The molecule has 1 N–H and O–H groups in total. The van der Waals surface area contributed by atoms with Crippen LogP contribution in [0.25, 0.3) is 0 Å². The molecule has 0 radical (unpaired) electrons. The molecule has 5 heteroatoms. The summed E-state index contributed by atoms with van der Waals surface area (Å²) in [5, 5.41) is 13.0. The van der Waals surface area contributed by atoms with E-state index in [0.29, 0.717) is 11.6 Å². The van der Waals surface area contributed by atoms with Gasteiger partial charge in [0.1, 0.15) is 0 Å². The van der Waals surface area contributed by atoms with Crippen molar-refractivity contribution < 1.29 is 14.7 Å². The monoisotopic (exact) mass is 354 g/mol. The van der Waals surface area contributed by atoms with Gasteiger partial charge in [0.25, 0.3) is 11.8 Å². The van der Waals surface area contributed by atoms with Gasteiger partial charge >= 0.3 is 0 Å². The average Bonchev–Trinajstić information content (AvgIpc) is 3.13. The maximum absolute atomic E-state index is 13.7. The smallest absolute Gasteiger partial charge is 0.271 e. The molecule has 1 aliphatic heterocycles. The first-order chi connectivity index (χ1) is 12.2. The van der Waals surface area contributed by atoms with Gasteiger partial charge in [0.2, 0.25) is 0 Å². The van der Waals surface area contributed by atoms with Gasteiger partial charge in [0, 0.05) is 5.57 Å². The number of hydrogen-bond donors (Lipinski definition) is 1. The van der Waals surface area contributed by atoms with Crippen LogP contribution in [-0.4, -0.2) is 34.1 Å². The third-order valence-corrected chi connectivity index (χ3v) is 7.21. The number of fused-ring (bicyclic) bond motifs is 1. The predicted octanol–water partition coefficient (Wildman–Crippen LogP) is 2.91. The summed E-state index contributed by atoms with van der Waals surface area (Å²) in [5.41, 5.74) is 0.106. The molecule has 4 rings (SSSR count). The van der Waals surface area contributed by atoms with Crippen molar-refractivity contribution >= 4 is 17.5 Å². The topological polar surface area (TPSA) is 60.9 Å². The van der Waals surface area contributed by atoms with E-state index in [0.717, 1.165) is 19.3 Å². The SMILES string of the molecule is C=C(C(=O)N1C2CC3CCC2(C(=O)N1c1ccccc1)C3(C)C)[C@H](C)O. The summed E-state index contributed by atoms with van der Waals surface area (Å²) in [5.74, 6) is 0.0809. The largest absolute Gasteiger partial charge is 0.389 e. The van der Waals surface area contributed by atoms with E-state index in [1.807, 2.05) is 30.3 Å². The standard InChI is InChI=1S/C21H26N2O3/c1-13(14(2)24)18(25)23-17-12-15-10-11-21(17,20(15,3)4)19(26)22(23)16-8-6-5-7-9-16/h5-9,14-15,17,24H,1,10-12H2,2-4H3/t14-,15?,17?,21?/m0/s1. The highest BCUT2D eigenvalue weighted by Gasteiger charge is 2.75. The van der Waals surface area contributed by atoms with Gasteiger partial charge in [-0.1, -0.05) is 38.6 Å². The van der Waals surface area contributed by atoms with Crippen LogP contribution in [0.15, 0.2) is 42.5 Å². The van der Waals surface area contributed by atoms with Crippen LogP contribution in [0.1, 0.15) is 40.0 Å². The van der Waals surface area contributed by atoms with Gasteiger partial charge in [-0.3, -0.25) is 9.59 Å². The number of anilines is 1. The number of hydrogen-bond acceptors (Lipinski definition) is 3. The van der Waals surface area contributed by atoms with E-state index in [4.69, 9.17) is 0 Å². The molecule has 2 aliphatic carbocycles. The van der Waals surface area contributed by atoms with Crippen LogP contribution < -0.4 is 5.01 Å². The zero-order chi connectivity index (χ0) is 18.9. The van der Waals surface area contributed by atoms with Crippen molar-refractivity contribution in [2.24, 2.45) is 16.7 Å². The summed E-state index contributed by atoms with van der Waals surface area (Å²) in [7, 11) is 0. The van der Waals surface area contributed by atoms with Crippen molar-refractivity contribution in [1.29, 1.82) is 0 Å². The van der Waals surface area contributed by atoms with Crippen LogP contribution in [0.4, 0.5) is 5.69 Å². The maximum Gasteiger partial charge on any atom is 0.271 e. The van der Waals surface area contributed by atoms with E-state index in [9.17, 15) is 14.7 Å². The molecule has 4 atom stereocenters. The Labute approximate surface area is 154 Å². The van der Waals surface area contributed by atoms with Gasteiger partial charge in [-0.25, -0.2) is 10.0 Å². The molecule has 1 spiro atoms. The normalized spacial score (nSPS) is 32.7. The van der Waals surface area contributed by atoms with Crippen LogP contribution in [0, 0.1) is 16.7 Å². The fourth-order valence-electron chi connectivity index (χ4n) is 5.56. The van der Waals surface area contributed by atoms with Gasteiger partial charge < -0.3 is 5.11 Å². The number of carbonyl (C=O) groups is 2. The number of aliphatic hydroxyl groups is 1. The van der Waals surface area contributed by atoms with E-state index in [1.165, 1.54) is 6.92 Å². The molecule has 1 aromatic carbocycles. The molecule has 1 heterocycles. The highest BCUT2D eigenvalue weighted by molar-refractivity contribution is 6.08. The highest BCUT2D eigenvalue weighted by Crippen LogP contribution is 2.70. The fourth-order valence-corrected chi connectivity index (χ4v) is 5.56. The molecule has 138 valence electrons. The van der Waals surface area contributed by atoms with Crippen molar-refractivity contribution in [2.45, 2.75) is 52.2 Å². The minimum absolute atomic E-state index is 0.00504. The first-order valence-corrected chi connectivity index (χ1v) is 9.33. The number of para-hydroxylation sites is 1. The number of carbonyl (C=O) groups excluding carboxylic acids is 2. The average molecular weight is 354 g/mol. The minimum Gasteiger partial charge on any atom is -0.389 e. The molecular weight excluding hydrogens is 328 g/mol. The Kier molecular flexibility index (Phi) is 3.61. The molecule has 0 aromatic heterocycles. The number of hydrazine groups is 1. The van der Waals surface area contributed by atoms with Crippen molar-refractivity contribution in [3.05, 3.63) is 42.5 Å². The van der Waals surface area contributed by atoms with Crippen molar-refractivity contribution in [2.75, 3.05) is 5.01 Å². The Hall–Kier alpha value is -2.14. The summed E-state index contributed by atoms with van der Waals surface area (Å²) < 4.78 is 0. The van der Waals surface area contributed by atoms with Gasteiger partial charge in [-0.15, -0.1) is 0 Å². The van der Waals surface area contributed by atoms with Crippen LogP contribution in [0.2, 0.25) is 0 Å². The summed E-state index contributed by atoms with van der Waals surface area (Å²) in [6, 6.07) is 9.14. The summed E-state index contributed by atoms with van der Waals surface area (Å²) in [4.78, 5) is 26.9. The van der Waals surface area contributed by atoms with Gasteiger partial charge in [-0.2, -0.15) is 0 Å². The quantitative estimate of drug-likeness (QED) is 0.849. The van der Waals surface area contributed by atoms with Crippen molar-refractivity contribution in [3.8, 4) is 0 Å². The first kappa shape index (κ1) is 17.3. The first-order valence-electron chi connectivity index (χ1n) is 9.33. The van der Waals surface area contributed by atoms with E-state index in [2.05, 4.69) is 20.4 Å². The van der Waals surface area contributed by atoms with Crippen molar-refractivity contribution in [3.63, 3.8) is 0 Å². The Morgan fingerprint density at radius 2 is 1.96 bits per heavy atom. The van der Waals surface area contributed by atoms with Crippen LogP contribution in [0.5, 0.6) is 0 Å². The van der Waals surface area contributed by atoms with E-state index < -0.39 is 11.5 Å². The molecule has 3 aliphatic rings. The molecule has 3 fully saturated rings. The summed E-state index contributed by atoms with van der Waals surface area (Å²) in [6.07, 6.45) is 1.71. The fraction of sp³-hybridized carbons (Fsp3) is 0.524. The maximum atomic E-state index is 13.7. The molecule has 26 heavy (non-hydrogen) atoms. The third-order valence-electron chi connectivity index (χ3n) is 7.21. The lowest BCUT2D eigenvalue weighted by atomic mass is 9.67. The molecule has 2 saturated carbocycles. The Morgan fingerprint density at radius 1 is 1.31 bits per heavy atom. The van der Waals surface area contributed by atoms with Crippen LogP contribution >= 0.6 is 0 Å². The van der Waals surface area contributed by atoms with Crippen LogP contribution in [0.3, 0.4) is 0 Å². The predicted molar refractivity (Wildman–Crippen MR) is 98.9 cm³/mol. The third kappa shape index (κ3) is 1.89. The van der Waals surface area contributed by atoms with Crippen molar-refractivity contribution in [1.82, 2.24) is 5.01 Å². The zero-order valence-corrected chi connectivity index (χ0v) is 15.6. The number of amides is 2. The Bertz CT molecular complexity index is 786. The lowest BCUT2D eigenvalue weighted by molar-refractivity contribution is -0.132. The van der Waals surface area contributed by atoms with Gasteiger partial charge in [0.15, 0.2) is 0 Å². The van der Waals surface area contributed by atoms with E-state index in [-0.39, 0.29) is 28.8 Å². The second-order valence-corrected chi connectivity index (χ2v) is 8.48. The number of aliphatic hydroxyl groups excluding tert-OH is 1. The molecule has 2 bridgehead atoms. The molecule has 1 saturated heterocycles. The minimum atomic E-state index is -0.946. The van der Waals surface area contributed by atoms with E-state index in [1.54, 1.807) is 10.0 Å². The molecule has 5 nitrogen and oxygen atoms in total. The van der Waals surface area contributed by atoms with Crippen LogP contribution in [-0.2, 0) is 9.59 Å². The Balaban J connectivity index is 1.86. The lowest BCUT2D eigenvalue weighted by Gasteiger charge is -2.35. The molecular formula is C21H26N2O3. The molecule has 1 aromatic rings. The number of nitrogens with zero attached hydrogens (tertiary/aromatic N) is 2. The zero-order valence-electron chi connectivity index (χ0n) is 15.6. The molecule has 2 amide bonds. The second kappa shape index (κ2) is 5.43.